The fourth-order valence-electron chi connectivity index (χ4n) is 2.77. The number of carbonyl (C=O) groups is 1. The maximum absolute atomic E-state index is 12.7. The average Bonchev–Trinajstić information content (AvgIpc) is 2.53. The van der Waals surface area contributed by atoms with E-state index < -0.39 is 0 Å². The zero-order valence-electron chi connectivity index (χ0n) is 11.8. The lowest BCUT2D eigenvalue weighted by Gasteiger charge is -2.33. The second-order valence-corrected chi connectivity index (χ2v) is 5.23. The Hall–Kier alpha value is -1.75. The van der Waals surface area contributed by atoms with Crippen molar-refractivity contribution in [3.63, 3.8) is 0 Å². The van der Waals surface area contributed by atoms with E-state index in [2.05, 4.69) is 17.6 Å². The van der Waals surface area contributed by atoms with E-state index in [-0.39, 0.29) is 12.0 Å². The molecule has 1 atom stereocenters. The molecular weight excluding hydrogens is 254 g/mol. The summed E-state index contributed by atoms with van der Waals surface area (Å²) in [5.41, 5.74) is 2.71. The van der Waals surface area contributed by atoms with Crippen LogP contribution in [0.5, 0.6) is 0 Å². The molecule has 2 aliphatic heterocycles. The molecule has 2 heterocycles. The van der Waals surface area contributed by atoms with Crippen LogP contribution in [-0.4, -0.2) is 49.7 Å². The second-order valence-electron chi connectivity index (χ2n) is 5.23. The molecule has 0 aromatic heterocycles. The number of amides is 1. The van der Waals surface area contributed by atoms with Crippen molar-refractivity contribution < 1.29 is 9.53 Å². The number of para-hydroxylation sites is 1. The van der Waals surface area contributed by atoms with Crippen molar-refractivity contribution in [2.45, 2.75) is 19.4 Å². The van der Waals surface area contributed by atoms with Gasteiger partial charge in [-0.25, -0.2) is 0 Å². The lowest BCUT2D eigenvalue weighted by molar-refractivity contribution is -0.0225. The first-order valence-electron chi connectivity index (χ1n) is 7.31. The first kappa shape index (κ1) is 13.2. The van der Waals surface area contributed by atoms with Crippen molar-refractivity contribution in [3.8, 4) is 0 Å². The Morgan fingerprint density at radius 3 is 3.10 bits per heavy atom. The van der Waals surface area contributed by atoms with Gasteiger partial charge in [0.05, 0.1) is 29.6 Å². The van der Waals surface area contributed by atoms with Gasteiger partial charge in [-0.1, -0.05) is 13.0 Å². The maximum atomic E-state index is 12.7. The van der Waals surface area contributed by atoms with Crippen molar-refractivity contribution >= 4 is 17.3 Å². The molecule has 20 heavy (non-hydrogen) atoms. The Morgan fingerprint density at radius 2 is 2.25 bits per heavy atom. The quantitative estimate of drug-likeness (QED) is 0.864. The number of morpholine rings is 1. The fourth-order valence-corrected chi connectivity index (χ4v) is 2.77. The third kappa shape index (κ3) is 2.45. The van der Waals surface area contributed by atoms with Gasteiger partial charge in [-0.3, -0.25) is 4.79 Å². The Labute approximate surface area is 119 Å². The zero-order chi connectivity index (χ0) is 13.9. The SMILES string of the molecule is CCC1CN(C(=O)c2cccc3c2NCCN3)CCO1. The van der Waals surface area contributed by atoms with Crippen molar-refractivity contribution in [2.24, 2.45) is 0 Å². The Morgan fingerprint density at radius 1 is 1.40 bits per heavy atom. The lowest BCUT2D eigenvalue weighted by Crippen LogP contribution is -2.45. The van der Waals surface area contributed by atoms with Gasteiger partial charge in [-0.15, -0.1) is 0 Å². The number of nitrogens with one attached hydrogen (secondary N) is 2. The third-order valence-electron chi connectivity index (χ3n) is 3.92. The van der Waals surface area contributed by atoms with E-state index in [4.69, 9.17) is 4.74 Å². The minimum absolute atomic E-state index is 0.0970. The van der Waals surface area contributed by atoms with Crippen LogP contribution in [0.4, 0.5) is 11.4 Å². The summed E-state index contributed by atoms with van der Waals surface area (Å²) in [6.45, 7) is 5.82. The summed E-state index contributed by atoms with van der Waals surface area (Å²) in [7, 11) is 0. The number of nitrogens with zero attached hydrogens (tertiary/aromatic N) is 1. The predicted molar refractivity (Wildman–Crippen MR) is 79.4 cm³/mol. The van der Waals surface area contributed by atoms with E-state index in [1.165, 1.54) is 0 Å². The molecule has 0 saturated carbocycles. The van der Waals surface area contributed by atoms with Crippen LogP contribution in [0.3, 0.4) is 0 Å². The van der Waals surface area contributed by atoms with Crippen LogP contribution in [0.15, 0.2) is 18.2 Å². The van der Waals surface area contributed by atoms with E-state index in [1.807, 2.05) is 23.1 Å². The summed E-state index contributed by atoms with van der Waals surface area (Å²) in [5, 5.41) is 6.66. The molecule has 0 spiro atoms. The van der Waals surface area contributed by atoms with E-state index in [0.717, 1.165) is 36.4 Å². The van der Waals surface area contributed by atoms with Crippen LogP contribution in [-0.2, 0) is 4.74 Å². The predicted octanol–water partition coefficient (Wildman–Crippen LogP) is 1.77. The van der Waals surface area contributed by atoms with Crippen LogP contribution in [0, 0.1) is 0 Å². The first-order valence-corrected chi connectivity index (χ1v) is 7.31. The molecule has 1 unspecified atom stereocenters. The number of rotatable bonds is 2. The molecule has 2 aliphatic rings. The minimum atomic E-state index is 0.0970. The van der Waals surface area contributed by atoms with Crippen LogP contribution in [0.25, 0.3) is 0 Å². The van der Waals surface area contributed by atoms with Crippen LogP contribution in [0.2, 0.25) is 0 Å². The lowest BCUT2D eigenvalue weighted by atomic mass is 10.1. The Kier molecular flexibility index (Phi) is 3.78. The monoisotopic (exact) mass is 275 g/mol. The molecule has 5 heteroatoms. The smallest absolute Gasteiger partial charge is 0.256 e. The highest BCUT2D eigenvalue weighted by Crippen LogP contribution is 2.29. The van der Waals surface area contributed by atoms with Crippen molar-refractivity contribution in [1.82, 2.24) is 4.90 Å². The Balaban J connectivity index is 1.83. The molecule has 5 nitrogen and oxygen atoms in total. The van der Waals surface area contributed by atoms with Gasteiger partial charge in [0.15, 0.2) is 0 Å². The summed E-state index contributed by atoms with van der Waals surface area (Å²) in [4.78, 5) is 14.6. The minimum Gasteiger partial charge on any atom is -0.382 e. The molecule has 0 radical (unpaired) electrons. The van der Waals surface area contributed by atoms with E-state index in [9.17, 15) is 4.79 Å². The highest BCUT2D eigenvalue weighted by atomic mass is 16.5. The highest BCUT2D eigenvalue weighted by molar-refractivity contribution is 6.02. The van der Waals surface area contributed by atoms with Gasteiger partial charge in [-0.2, -0.15) is 0 Å². The standard InChI is InChI=1S/C15H21N3O2/c1-2-11-10-18(8-9-20-11)15(19)12-4-3-5-13-14(12)17-7-6-16-13/h3-5,11,16-17H,2,6-10H2,1H3. The van der Waals surface area contributed by atoms with Gasteiger partial charge in [0, 0.05) is 26.2 Å². The zero-order valence-corrected chi connectivity index (χ0v) is 11.8. The molecular formula is C15H21N3O2. The summed E-state index contributed by atoms with van der Waals surface area (Å²) in [6.07, 6.45) is 1.11. The summed E-state index contributed by atoms with van der Waals surface area (Å²) in [6, 6.07) is 5.84. The average molecular weight is 275 g/mol. The molecule has 0 bridgehead atoms. The van der Waals surface area contributed by atoms with Gasteiger partial charge >= 0.3 is 0 Å². The maximum Gasteiger partial charge on any atom is 0.256 e. The van der Waals surface area contributed by atoms with E-state index in [0.29, 0.717) is 19.7 Å². The van der Waals surface area contributed by atoms with Gasteiger partial charge in [0.1, 0.15) is 0 Å². The summed E-state index contributed by atoms with van der Waals surface area (Å²) >= 11 is 0. The normalized spacial score (nSPS) is 21.6. The summed E-state index contributed by atoms with van der Waals surface area (Å²) < 4.78 is 5.63. The van der Waals surface area contributed by atoms with E-state index in [1.54, 1.807) is 0 Å². The van der Waals surface area contributed by atoms with Crippen molar-refractivity contribution in [2.75, 3.05) is 43.4 Å². The van der Waals surface area contributed by atoms with Crippen LogP contribution in [0.1, 0.15) is 23.7 Å². The number of hydrogen-bond donors (Lipinski definition) is 2. The van der Waals surface area contributed by atoms with Gasteiger partial charge in [0.2, 0.25) is 0 Å². The van der Waals surface area contributed by atoms with Crippen molar-refractivity contribution in [1.29, 1.82) is 0 Å². The van der Waals surface area contributed by atoms with E-state index >= 15 is 0 Å². The largest absolute Gasteiger partial charge is 0.382 e. The number of carbonyl (C=O) groups excluding carboxylic acids is 1. The molecule has 1 amide bonds. The van der Waals surface area contributed by atoms with Gasteiger partial charge < -0.3 is 20.3 Å². The highest BCUT2D eigenvalue weighted by Gasteiger charge is 2.26. The fraction of sp³-hybridized carbons (Fsp3) is 0.533. The summed E-state index contributed by atoms with van der Waals surface area (Å²) in [5.74, 6) is 0.0970. The Bertz CT molecular complexity index is 504. The topological polar surface area (TPSA) is 53.6 Å². The number of hydrogen-bond acceptors (Lipinski definition) is 4. The van der Waals surface area contributed by atoms with Gasteiger partial charge in [-0.05, 0) is 18.6 Å². The van der Waals surface area contributed by atoms with Crippen LogP contribution < -0.4 is 10.6 Å². The molecule has 0 aliphatic carbocycles. The molecule has 1 fully saturated rings. The molecule has 108 valence electrons. The molecule has 2 N–H and O–H groups in total. The number of anilines is 2. The van der Waals surface area contributed by atoms with Crippen molar-refractivity contribution in [3.05, 3.63) is 23.8 Å². The molecule has 3 rings (SSSR count). The van der Waals surface area contributed by atoms with Crippen LogP contribution >= 0.6 is 0 Å². The number of benzene rings is 1. The molecule has 1 aromatic carbocycles. The van der Waals surface area contributed by atoms with Gasteiger partial charge in [0.25, 0.3) is 5.91 Å². The number of fused-ring (bicyclic) bond motifs is 1. The number of ether oxygens (including phenoxy) is 1. The second kappa shape index (κ2) is 5.71. The first-order chi connectivity index (χ1) is 9.79. The molecule has 1 aromatic rings. The third-order valence-corrected chi connectivity index (χ3v) is 3.92. The molecule has 1 saturated heterocycles.